The number of likely N-dealkylation sites (tertiary alicyclic amines) is 1. The molecule has 7 nitrogen and oxygen atoms in total. The molecule has 36 heavy (non-hydrogen) atoms. The van der Waals surface area contributed by atoms with Gasteiger partial charge in [-0.25, -0.2) is 9.87 Å². The molecule has 8 heteroatoms. The van der Waals surface area contributed by atoms with Gasteiger partial charge in [0.05, 0.1) is 24.1 Å². The molecule has 0 radical (unpaired) electrons. The summed E-state index contributed by atoms with van der Waals surface area (Å²) < 4.78 is 19.2. The Labute approximate surface area is 213 Å². The number of aromatic nitrogens is 1. The third-order valence-corrected chi connectivity index (χ3v) is 8.55. The lowest BCUT2D eigenvalue weighted by atomic mass is 9.73. The molecule has 2 heterocycles. The van der Waals surface area contributed by atoms with Crippen LogP contribution >= 0.6 is 0 Å². The number of hydroxylamine groups is 1. The van der Waals surface area contributed by atoms with E-state index in [-0.39, 0.29) is 6.42 Å². The number of aliphatic hydroxyl groups excluding tert-OH is 1. The van der Waals surface area contributed by atoms with Crippen LogP contribution in [0.3, 0.4) is 0 Å². The molecule has 1 aliphatic heterocycles. The molecular formula is C28H40FN3O4. The Morgan fingerprint density at radius 2 is 2.03 bits per heavy atom. The molecule has 1 aromatic heterocycles. The number of carbonyl (C=O) groups is 1. The summed E-state index contributed by atoms with van der Waals surface area (Å²) in [5, 5.41) is 21.4. The zero-order chi connectivity index (χ0) is 25.5. The summed E-state index contributed by atoms with van der Waals surface area (Å²) in [6.45, 7) is 1.89. The zero-order valence-corrected chi connectivity index (χ0v) is 21.3. The zero-order valence-electron chi connectivity index (χ0n) is 21.3. The number of hydrogen-bond acceptors (Lipinski definition) is 6. The van der Waals surface area contributed by atoms with Crippen molar-refractivity contribution in [2.75, 3.05) is 26.7 Å². The highest BCUT2D eigenvalue weighted by atomic mass is 19.1. The van der Waals surface area contributed by atoms with Gasteiger partial charge in [0.1, 0.15) is 12.4 Å². The fourth-order valence-electron chi connectivity index (χ4n) is 6.17. The lowest BCUT2D eigenvalue weighted by Gasteiger charge is -2.41. The number of piperidine rings is 1. The van der Waals surface area contributed by atoms with Crippen molar-refractivity contribution in [1.82, 2.24) is 15.4 Å². The smallest absolute Gasteiger partial charge is 0.249 e. The molecule has 1 saturated heterocycles. The average molecular weight is 502 g/mol. The SMILES string of the molecule is COc1ccc2ncc(CF)c([C@H](O)CCC3(C(=O)NO)CCN(CCC4CCCCC4)CC3)c2c1. The first-order valence-electron chi connectivity index (χ1n) is 13.4. The summed E-state index contributed by atoms with van der Waals surface area (Å²) in [7, 11) is 1.56. The minimum atomic E-state index is -0.971. The molecular weight excluding hydrogens is 461 g/mol. The van der Waals surface area contributed by atoms with Gasteiger partial charge in [-0.15, -0.1) is 0 Å². The van der Waals surface area contributed by atoms with Gasteiger partial charge >= 0.3 is 0 Å². The molecule has 0 unspecified atom stereocenters. The number of ether oxygens (including phenoxy) is 1. The first-order valence-corrected chi connectivity index (χ1v) is 13.4. The van der Waals surface area contributed by atoms with Crippen LogP contribution < -0.4 is 10.2 Å². The second kappa shape index (κ2) is 12.3. The van der Waals surface area contributed by atoms with E-state index in [0.29, 0.717) is 47.0 Å². The number of nitrogens with one attached hydrogen (secondary N) is 1. The van der Waals surface area contributed by atoms with Gasteiger partial charge in [0.25, 0.3) is 0 Å². The Kier molecular flexibility index (Phi) is 9.14. The number of fused-ring (bicyclic) bond motifs is 1. The van der Waals surface area contributed by atoms with Crippen molar-refractivity contribution in [3.8, 4) is 5.75 Å². The van der Waals surface area contributed by atoms with Crippen LogP contribution in [0.2, 0.25) is 0 Å². The molecule has 0 bridgehead atoms. The van der Waals surface area contributed by atoms with Crippen molar-refractivity contribution in [3.05, 3.63) is 35.5 Å². The minimum Gasteiger partial charge on any atom is -0.497 e. The van der Waals surface area contributed by atoms with E-state index in [1.165, 1.54) is 44.7 Å². The van der Waals surface area contributed by atoms with Gasteiger partial charge in [-0.2, -0.15) is 0 Å². The molecule has 2 fully saturated rings. The van der Waals surface area contributed by atoms with Gasteiger partial charge in [0.2, 0.25) is 5.91 Å². The van der Waals surface area contributed by atoms with E-state index in [9.17, 15) is 19.5 Å². The van der Waals surface area contributed by atoms with Crippen LogP contribution in [-0.2, 0) is 11.5 Å². The van der Waals surface area contributed by atoms with Gasteiger partial charge < -0.3 is 14.7 Å². The number of nitrogens with zero attached hydrogens (tertiary/aromatic N) is 2. The maximum absolute atomic E-state index is 13.9. The number of rotatable bonds is 10. The lowest BCUT2D eigenvalue weighted by molar-refractivity contribution is -0.143. The summed E-state index contributed by atoms with van der Waals surface area (Å²) in [6, 6.07) is 5.33. The minimum absolute atomic E-state index is 0.277. The van der Waals surface area contributed by atoms with Crippen LogP contribution in [-0.4, -0.2) is 52.8 Å². The molecule has 198 valence electrons. The number of hydrogen-bond donors (Lipinski definition) is 3. The van der Waals surface area contributed by atoms with E-state index in [1.54, 1.807) is 25.3 Å². The van der Waals surface area contributed by atoms with E-state index in [4.69, 9.17) is 4.74 Å². The van der Waals surface area contributed by atoms with Crippen LogP contribution in [0.25, 0.3) is 10.9 Å². The third-order valence-electron chi connectivity index (χ3n) is 8.55. The molecule has 1 amide bonds. The fraction of sp³-hybridized carbons (Fsp3) is 0.643. The standard InChI is InChI=1S/C28H40FN3O4/c1-36-22-7-8-24-23(17-22)26(21(18-29)19-30-24)25(33)9-11-28(27(34)31-35)12-15-32(16-13-28)14-10-20-5-3-2-4-6-20/h7-8,17,19-20,25,33,35H,2-6,9-16,18H2,1H3,(H,31,34)/t25-/m1/s1. The van der Waals surface area contributed by atoms with Crippen LogP contribution in [0.1, 0.15) is 81.4 Å². The second-order valence-electron chi connectivity index (χ2n) is 10.6. The fourth-order valence-corrected chi connectivity index (χ4v) is 6.17. The van der Waals surface area contributed by atoms with Crippen molar-refractivity contribution in [1.29, 1.82) is 0 Å². The van der Waals surface area contributed by atoms with Crippen molar-refractivity contribution in [2.24, 2.45) is 11.3 Å². The van der Waals surface area contributed by atoms with Crippen LogP contribution in [0.4, 0.5) is 4.39 Å². The average Bonchev–Trinajstić information content (AvgIpc) is 2.94. The van der Waals surface area contributed by atoms with Crippen molar-refractivity contribution < 1.29 is 24.2 Å². The number of pyridine rings is 1. The van der Waals surface area contributed by atoms with Gasteiger partial charge in [-0.3, -0.25) is 15.0 Å². The normalized spacial score (nSPS) is 19.8. The summed E-state index contributed by atoms with van der Waals surface area (Å²) in [5.74, 6) is 1.03. The molecule has 1 atom stereocenters. The van der Waals surface area contributed by atoms with Crippen LogP contribution in [0.5, 0.6) is 5.75 Å². The first kappa shape index (κ1) is 26.8. The summed E-state index contributed by atoms with van der Waals surface area (Å²) in [5.41, 5.74) is 2.60. The Morgan fingerprint density at radius 1 is 1.28 bits per heavy atom. The Bertz CT molecular complexity index is 1010. The maximum atomic E-state index is 13.9. The number of alkyl halides is 1. The predicted octanol–water partition coefficient (Wildman–Crippen LogP) is 5.08. The van der Waals surface area contributed by atoms with Gasteiger partial charge in [-0.05, 0) is 81.4 Å². The van der Waals surface area contributed by atoms with E-state index in [1.807, 2.05) is 5.48 Å². The largest absolute Gasteiger partial charge is 0.497 e. The third kappa shape index (κ3) is 5.98. The van der Waals surface area contributed by atoms with Gasteiger partial charge in [0, 0.05) is 17.1 Å². The molecule has 2 aromatic rings. The monoisotopic (exact) mass is 501 g/mol. The van der Waals surface area contributed by atoms with Gasteiger partial charge in [0.15, 0.2) is 0 Å². The van der Waals surface area contributed by atoms with Crippen LogP contribution in [0.15, 0.2) is 24.4 Å². The molecule has 4 rings (SSSR count). The van der Waals surface area contributed by atoms with Crippen molar-refractivity contribution >= 4 is 16.8 Å². The second-order valence-corrected chi connectivity index (χ2v) is 10.6. The molecule has 2 aliphatic rings. The number of amides is 1. The van der Waals surface area contributed by atoms with Gasteiger partial charge in [-0.1, -0.05) is 32.1 Å². The predicted molar refractivity (Wildman–Crippen MR) is 137 cm³/mol. The van der Waals surface area contributed by atoms with Crippen molar-refractivity contribution in [2.45, 2.75) is 77.0 Å². The summed E-state index contributed by atoms with van der Waals surface area (Å²) in [4.78, 5) is 19.6. The highest BCUT2D eigenvalue weighted by molar-refractivity contribution is 5.85. The van der Waals surface area contributed by atoms with E-state index < -0.39 is 24.1 Å². The Morgan fingerprint density at radius 3 is 2.69 bits per heavy atom. The molecule has 1 aromatic carbocycles. The number of halogens is 1. The molecule has 3 N–H and O–H groups in total. The number of aliphatic hydroxyl groups is 1. The quantitative estimate of drug-likeness (QED) is 0.310. The van der Waals surface area contributed by atoms with E-state index >= 15 is 0 Å². The first-order chi connectivity index (χ1) is 17.5. The Balaban J connectivity index is 1.44. The van der Waals surface area contributed by atoms with E-state index in [0.717, 1.165) is 25.6 Å². The van der Waals surface area contributed by atoms with Crippen molar-refractivity contribution in [3.63, 3.8) is 0 Å². The summed E-state index contributed by atoms with van der Waals surface area (Å²) in [6.07, 6.45) is 10.3. The lowest BCUT2D eigenvalue weighted by Crippen LogP contribution is -2.48. The number of carbonyl (C=O) groups excluding carboxylic acids is 1. The molecule has 0 spiro atoms. The maximum Gasteiger partial charge on any atom is 0.249 e. The number of methoxy groups -OCH3 is 1. The number of benzene rings is 1. The van der Waals surface area contributed by atoms with Crippen LogP contribution in [0, 0.1) is 11.3 Å². The Hall–Kier alpha value is -2.29. The highest BCUT2D eigenvalue weighted by Gasteiger charge is 2.41. The highest BCUT2D eigenvalue weighted by Crippen LogP contribution is 2.41. The molecule has 1 saturated carbocycles. The summed E-state index contributed by atoms with van der Waals surface area (Å²) >= 11 is 0. The topological polar surface area (TPSA) is 94.9 Å². The molecule has 1 aliphatic carbocycles. The van der Waals surface area contributed by atoms with E-state index in [2.05, 4.69) is 9.88 Å².